The van der Waals surface area contributed by atoms with Crippen LogP contribution in [0.1, 0.15) is 34.8 Å². The lowest BCUT2D eigenvalue weighted by Gasteiger charge is -2.44. The van der Waals surface area contributed by atoms with Crippen molar-refractivity contribution in [2.75, 3.05) is 13.7 Å². The van der Waals surface area contributed by atoms with Crippen LogP contribution >= 0.6 is 0 Å². The molecular formula is C34H38O8. The highest BCUT2D eigenvalue weighted by Gasteiger charge is 2.51. The largest absolute Gasteiger partial charge is 0.455 e. The number of ether oxygens (including phenoxy) is 6. The number of allylic oxidation sites excluding steroid dienone is 1. The van der Waals surface area contributed by atoms with Crippen LogP contribution in [0.4, 0.5) is 0 Å². The van der Waals surface area contributed by atoms with Gasteiger partial charge in [0.2, 0.25) is 0 Å². The van der Waals surface area contributed by atoms with E-state index in [2.05, 4.69) is 6.58 Å². The monoisotopic (exact) mass is 574 g/mol. The Labute approximate surface area is 247 Å². The number of hydrogen-bond donors (Lipinski definition) is 0. The third kappa shape index (κ3) is 8.84. The molecule has 0 saturated carbocycles. The zero-order valence-electron chi connectivity index (χ0n) is 24.0. The molecule has 0 bridgehead atoms. The van der Waals surface area contributed by atoms with Crippen molar-refractivity contribution in [2.45, 2.75) is 57.3 Å². The normalized spacial score (nSPS) is 22.6. The van der Waals surface area contributed by atoms with Crippen molar-refractivity contribution in [2.24, 2.45) is 5.92 Å². The molecule has 3 aromatic rings. The first-order chi connectivity index (χ1) is 20.5. The standard InChI is InChI=1S/C34H38O8/c1-4-24(2)20-29(35)41-31-30(42-33(36)27-18-12-7-13-19-27)28(23-38-21-25-14-8-5-9-15-25)40-34(37-3)32(31)39-22-26-16-10-6-11-17-26/h4-19,24,28,30-32,34H,1,20-23H2,2-3H3/t24-,28+,30-,31-,32+,34-/m0/s1. The average molecular weight is 575 g/mol. The second-order valence-electron chi connectivity index (χ2n) is 10.1. The molecule has 1 heterocycles. The van der Waals surface area contributed by atoms with E-state index in [-0.39, 0.29) is 25.6 Å². The Balaban J connectivity index is 1.62. The van der Waals surface area contributed by atoms with Crippen molar-refractivity contribution < 1.29 is 38.0 Å². The Kier molecular flexibility index (Phi) is 11.8. The van der Waals surface area contributed by atoms with E-state index in [9.17, 15) is 9.59 Å². The summed E-state index contributed by atoms with van der Waals surface area (Å²) in [6.07, 6.45) is -2.98. The predicted molar refractivity (Wildman–Crippen MR) is 156 cm³/mol. The minimum Gasteiger partial charge on any atom is -0.455 e. The van der Waals surface area contributed by atoms with Crippen molar-refractivity contribution in [1.82, 2.24) is 0 Å². The number of carbonyl (C=O) groups excluding carboxylic acids is 2. The third-order valence-electron chi connectivity index (χ3n) is 6.91. The van der Waals surface area contributed by atoms with Crippen molar-refractivity contribution in [3.05, 3.63) is 120 Å². The van der Waals surface area contributed by atoms with Crippen LogP contribution in [0.2, 0.25) is 0 Å². The van der Waals surface area contributed by atoms with Crippen LogP contribution in [0.15, 0.2) is 104 Å². The van der Waals surface area contributed by atoms with Gasteiger partial charge in [-0.15, -0.1) is 6.58 Å². The van der Waals surface area contributed by atoms with E-state index in [0.29, 0.717) is 12.2 Å². The number of rotatable bonds is 14. The van der Waals surface area contributed by atoms with E-state index in [1.165, 1.54) is 7.11 Å². The maximum Gasteiger partial charge on any atom is 0.338 e. The molecule has 8 heteroatoms. The van der Waals surface area contributed by atoms with Gasteiger partial charge >= 0.3 is 11.9 Å². The maximum absolute atomic E-state index is 13.3. The summed E-state index contributed by atoms with van der Waals surface area (Å²) in [7, 11) is 1.49. The molecule has 1 fully saturated rings. The Morgan fingerprint density at radius 2 is 1.43 bits per heavy atom. The minimum atomic E-state index is -1.05. The first-order valence-corrected chi connectivity index (χ1v) is 14.0. The summed E-state index contributed by atoms with van der Waals surface area (Å²) in [5.41, 5.74) is 2.23. The predicted octanol–water partition coefficient (Wildman–Crippen LogP) is 5.51. The lowest BCUT2D eigenvalue weighted by molar-refractivity contribution is -0.309. The van der Waals surface area contributed by atoms with Gasteiger partial charge in [0.25, 0.3) is 0 Å². The Morgan fingerprint density at radius 3 is 2.02 bits per heavy atom. The highest BCUT2D eigenvalue weighted by molar-refractivity contribution is 5.89. The number of carbonyl (C=O) groups is 2. The Morgan fingerprint density at radius 1 is 0.833 bits per heavy atom. The van der Waals surface area contributed by atoms with E-state index in [1.54, 1.807) is 30.3 Å². The average Bonchev–Trinajstić information content (AvgIpc) is 3.02. The lowest BCUT2D eigenvalue weighted by Crippen LogP contribution is -2.62. The molecule has 0 aliphatic carbocycles. The SMILES string of the molecule is C=C[C@H](C)CC(=O)O[C@H]1[C@@H](OC(=O)c2ccccc2)[C@@H](COCc2ccccc2)O[C@H](OC)[C@@H]1OCc1ccccc1. The van der Waals surface area contributed by atoms with Gasteiger partial charge in [-0.25, -0.2) is 4.79 Å². The van der Waals surface area contributed by atoms with E-state index in [0.717, 1.165) is 11.1 Å². The minimum absolute atomic E-state index is 0.0456. The fourth-order valence-electron chi connectivity index (χ4n) is 4.60. The molecule has 4 rings (SSSR count). The van der Waals surface area contributed by atoms with Crippen LogP contribution in [0.5, 0.6) is 0 Å². The topological polar surface area (TPSA) is 89.5 Å². The summed E-state index contributed by atoms with van der Waals surface area (Å²) in [4.78, 5) is 26.4. The van der Waals surface area contributed by atoms with E-state index < -0.39 is 42.6 Å². The van der Waals surface area contributed by atoms with Gasteiger partial charge in [-0.1, -0.05) is 91.9 Å². The quantitative estimate of drug-likeness (QED) is 0.184. The summed E-state index contributed by atoms with van der Waals surface area (Å²) >= 11 is 0. The second kappa shape index (κ2) is 16.0. The van der Waals surface area contributed by atoms with Gasteiger partial charge in [0.1, 0.15) is 12.2 Å². The molecule has 0 aromatic heterocycles. The molecule has 6 atom stereocenters. The van der Waals surface area contributed by atoms with Crippen LogP contribution in [-0.2, 0) is 46.4 Å². The lowest BCUT2D eigenvalue weighted by atomic mass is 9.97. The molecule has 0 unspecified atom stereocenters. The van der Waals surface area contributed by atoms with E-state index in [4.69, 9.17) is 28.4 Å². The van der Waals surface area contributed by atoms with Gasteiger partial charge < -0.3 is 28.4 Å². The highest BCUT2D eigenvalue weighted by Crippen LogP contribution is 2.31. The van der Waals surface area contributed by atoms with Crippen LogP contribution < -0.4 is 0 Å². The van der Waals surface area contributed by atoms with Gasteiger partial charge in [-0.2, -0.15) is 0 Å². The molecule has 1 aliphatic rings. The molecule has 0 amide bonds. The van der Waals surface area contributed by atoms with Crippen LogP contribution in [-0.4, -0.2) is 56.4 Å². The molecule has 3 aromatic carbocycles. The zero-order chi connectivity index (χ0) is 29.7. The molecule has 8 nitrogen and oxygen atoms in total. The van der Waals surface area contributed by atoms with E-state index >= 15 is 0 Å². The summed E-state index contributed by atoms with van der Waals surface area (Å²) in [5, 5.41) is 0. The smallest absolute Gasteiger partial charge is 0.338 e. The van der Waals surface area contributed by atoms with Gasteiger partial charge in [0.15, 0.2) is 18.5 Å². The second-order valence-corrected chi connectivity index (χ2v) is 10.1. The van der Waals surface area contributed by atoms with Gasteiger partial charge in [-0.3, -0.25) is 4.79 Å². The number of methoxy groups -OCH3 is 1. The van der Waals surface area contributed by atoms with Crippen molar-refractivity contribution in [3.8, 4) is 0 Å². The Bertz CT molecular complexity index is 1250. The molecular weight excluding hydrogens is 536 g/mol. The number of hydrogen-bond acceptors (Lipinski definition) is 8. The number of esters is 2. The van der Waals surface area contributed by atoms with Gasteiger partial charge in [-0.05, 0) is 29.2 Å². The molecule has 1 aliphatic heterocycles. The fourth-order valence-corrected chi connectivity index (χ4v) is 4.60. The molecule has 222 valence electrons. The summed E-state index contributed by atoms with van der Waals surface area (Å²) in [5.74, 6) is -1.19. The molecule has 0 N–H and O–H groups in total. The van der Waals surface area contributed by atoms with Crippen LogP contribution in [0, 0.1) is 5.92 Å². The first kappa shape index (κ1) is 31.1. The maximum atomic E-state index is 13.3. The highest BCUT2D eigenvalue weighted by atomic mass is 16.7. The van der Waals surface area contributed by atoms with Crippen molar-refractivity contribution >= 4 is 11.9 Å². The first-order valence-electron chi connectivity index (χ1n) is 14.0. The third-order valence-corrected chi connectivity index (χ3v) is 6.91. The molecule has 42 heavy (non-hydrogen) atoms. The van der Waals surface area contributed by atoms with Crippen LogP contribution in [0.3, 0.4) is 0 Å². The van der Waals surface area contributed by atoms with Crippen LogP contribution in [0.25, 0.3) is 0 Å². The molecule has 1 saturated heterocycles. The zero-order valence-corrected chi connectivity index (χ0v) is 24.0. The molecule has 0 radical (unpaired) electrons. The molecule has 0 spiro atoms. The van der Waals surface area contributed by atoms with Crippen molar-refractivity contribution in [3.63, 3.8) is 0 Å². The summed E-state index contributed by atoms with van der Waals surface area (Å²) in [6, 6.07) is 27.9. The fraction of sp³-hybridized carbons (Fsp3) is 0.353. The van der Waals surface area contributed by atoms with Gasteiger partial charge in [0.05, 0.1) is 31.8 Å². The number of benzene rings is 3. The summed E-state index contributed by atoms with van der Waals surface area (Å²) < 4.78 is 36.3. The van der Waals surface area contributed by atoms with E-state index in [1.807, 2.05) is 73.7 Å². The van der Waals surface area contributed by atoms with Gasteiger partial charge in [0, 0.05) is 7.11 Å². The summed E-state index contributed by atoms with van der Waals surface area (Å²) in [6.45, 7) is 6.18. The Hall–Kier alpha value is -3.82. The van der Waals surface area contributed by atoms with Crippen molar-refractivity contribution in [1.29, 1.82) is 0 Å².